The number of ether oxygens (including phenoxy) is 3. The maximum atomic E-state index is 11.9. The van der Waals surface area contributed by atoms with Crippen molar-refractivity contribution in [2.24, 2.45) is 0 Å². The van der Waals surface area contributed by atoms with E-state index < -0.39 is 20.5 Å². The van der Waals surface area contributed by atoms with Crippen LogP contribution >= 0.6 is 0 Å². The number of benzene rings is 1. The Bertz CT molecular complexity index is 615. The molecule has 1 amide bonds. The topological polar surface area (TPSA) is 86.2 Å². The lowest BCUT2D eigenvalue weighted by atomic mass is 10.2. The van der Waals surface area contributed by atoms with Crippen molar-refractivity contribution >= 4 is 14.4 Å². The summed E-state index contributed by atoms with van der Waals surface area (Å²) in [5.41, 5.74) is 0.866. The van der Waals surface area contributed by atoms with E-state index in [1.165, 1.54) is 14.2 Å². The second-order valence-corrected chi connectivity index (χ2v) is 12.8. The number of aliphatic hydroxyl groups is 1. The summed E-state index contributed by atoms with van der Waals surface area (Å²) in [7, 11) is 1.08. The summed E-state index contributed by atoms with van der Waals surface area (Å²) in [5.74, 6) is 0.921. The lowest BCUT2D eigenvalue weighted by molar-refractivity contribution is 0.170. The van der Waals surface area contributed by atoms with Crippen LogP contribution in [0.1, 0.15) is 33.3 Å². The zero-order chi connectivity index (χ0) is 20.8. The maximum absolute atomic E-state index is 11.9. The quantitative estimate of drug-likeness (QED) is 0.648. The van der Waals surface area contributed by atoms with E-state index in [1.807, 2.05) is 0 Å². The fourth-order valence-electron chi connectivity index (χ4n) is 1.96. The first-order valence-electron chi connectivity index (χ1n) is 8.94. The van der Waals surface area contributed by atoms with Crippen LogP contribution in [0.5, 0.6) is 17.2 Å². The van der Waals surface area contributed by atoms with E-state index in [4.69, 9.17) is 18.6 Å². The first-order chi connectivity index (χ1) is 12.4. The summed E-state index contributed by atoms with van der Waals surface area (Å²) in [6.07, 6.45) is -1.37. The molecule has 1 aromatic rings. The first-order valence-corrected chi connectivity index (χ1v) is 11.8. The van der Waals surface area contributed by atoms with Gasteiger partial charge in [0.1, 0.15) is 0 Å². The zero-order valence-electron chi connectivity index (χ0n) is 17.6. The average Bonchev–Trinajstić information content (AvgIpc) is 2.57. The van der Waals surface area contributed by atoms with Gasteiger partial charge in [0.05, 0.1) is 26.9 Å². The third-order valence-electron chi connectivity index (χ3n) is 4.66. The summed E-state index contributed by atoms with van der Waals surface area (Å²) in [6, 6.07) is 3.54. The number of hydrogen-bond acceptors (Lipinski definition) is 6. The summed E-state index contributed by atoms with van der Waals surface area (Å²) in [5, 5.41) is 11.8. The highest BCUT2D eigenvalue weighted by molar-refractivity contribution is 6.74. The van der Waals surface area contributed by atoms with Crippen LogP contribution in [0.2, 0.25) is 18.1 Å². The molecule has 0 saturated heterocycles. The van der Waals surface area contributed by atoms with Gasteiger partial charge in [-0.15, -0.1) is 0 Å². The fourth-order valence-corrected chi connectivity index (χ4v) is 2.92. The van der Waals surface area contributed by atoms with E-state index in [0.717, 1.165) is 5.56 Å². The molecule has 1 rings (SSSR count). The Morgan fingerprint density at radius 1 is 1.19 bits per heavy atom. The molecule has 0 aliphatic rings. The molecule has 8 heteroatoms. The molecule has 0 spiro atoms. The van der Waals surface area contributed by atoms with Crippen LogP contribution in [0.15, 0.2) is 12.1 Å². The Kier molecular flexibility index (Phi) is 8.13. The molecule has 1 unspecified atom stereocenters. The van der Waals surface area contributed by atoms with Crippen molar-refractivity contribution in [2.45, 2.75) is 58.5 Å². The van der Waals surface area contributed by atoms with Crippen LogP contribution < -0.4 is 19.5 Å². The van der Waals surface area contributed by atoms with Gasteiger partial charge in [-0.2, -0.15) is 0 Å². The summed E-state index contributed by atoms with van der Waals surface area (Å²) < 4.78 is 22.3. The molecule has 0 aliphatic carbocycles. The normalized spacial score (nSPS) is 13.1. The highest BCUT2D eigenvalue weighted by atomic mass is 28.4. The minimum absolute atomic E-state index is 0.0852. The Balaban J connectivity index is 3.01. The van der Waals surface area contributed by atoms with E-state index in [0.29, 0.717) is 18.1 Å². The predicted octanol–water partition coefficient (Wildman–Crippen LogP) is 3.69. The second kappa shape index (κ2) is 9.43. The Labute approximate surface area is 163 Å². The van der Waals surface area contributed by atoms with Crippen molar-refractivity contribution in [2.75, 3.05) is 20.8 Å². The Hall–Kier alpha value is -1.77. The lowest BCUT2D eigenvalue weighted by Gasteiger charge is -2.36. The molecule has 0 aromatic heterocycles. The maximum Gasteiger partial charge on any atom is 0.412 e. The van der Waals surface area contributed by atoms with Gasteiger partial charge in [0.15, 0.2) is 19.8 Å². The number of methoxy groups -OCH3 is 2. The predicted molar refractivity (Wildman–Crippen MR) is 107 cm³/mol. The van der Waals surface area contributed by atoms with Crippen molar-refractivity contribution in [1.82, 2.24) is 5.32 Å². The molecular formula is C19H33NO6Si. The van der Waals surface area contributed by atoms with Gasteiger partial charge >= 0.3 is 6.09 Å². The summed E-state index contributed by atoms with van der Waals surface area (Å²) >= 11 is 0. The van der Waals surface area contributed by atoms with Crippen LogP contribution in [-0.2, 0) is 11.0 Å². The van der Waals surface area contributed by atoms with E-state index in [-0.39, 0.29) is 17.3 Å². The van der Waals surface area contributed by atoms with Gasteiger partial charge in [0.25, 0.3) is 0 Å². The molecule has 0 bridgehead atoms. The van der Waals surface area contributed by atoms with Crippen LogP contribution in [0.4, 0.5) is 4.79 Å². The van der Waals surface area contributed by atoms with Crippen LogP contribution in [0.3, 0.4) is 0 Å². The van der Waals surface area contributed by atoms with Crippen LogP contribution in [0, 0.1) is 0 Å². The highest BCUT2D eigenvalue weighted by Crippen LogP contribution is 2.40. The van der Waals surface area contributed by atoms with Gasteiger partial charge in [-0.1, -0.05) is 20.8 Å². The van der Waals surface area contributed by atoms with Gasteiger partial charge in [0, 0.05) is 6.54 Å². The van der Waals surface area contributed by atoms with Crippen molar-refractivity contribution in [1.29, 1.82) is 0 Å². The third kappa shape index (κ3) is 6.71. The molecule has 0 radical (unpaired) electrons. The molecule has 1 atom stereocenters. The molecule has 0 saturated carbocycles. The minimum Gasteiger partial charge on any atom is -0.493 e. The van der Waals surface area contributed by atoms with Gasteiger partial charge in [-0.25, -0.2) is 4.79 Å². The van der Waals surface area contributed by atoms with Gasteiger partial charge < -0.3 is 29.1 Å². The van der Waals surface area contributed by atoms with E-state index >= 15 is 0 Å². The number of aliphatic hydroxyl groups excluding tert-OH is 1. The van der Waals surface area contributed by atoms with E-state index in [9.17, 15) is 9.90 Å². The molecule has 7 nitrogen and oxygen atoms in total. The number of carbonyl (C=O) groups is 1. The number of nitrogens with one attached hydrogen (secondary N) is 1. The number of hydrogen-bond donors (Lipinski definition) is 2. The Morgan fingerprint density at radius 2 is 1.70 bits per heavy atom. The smallest absolute Gasteiger partial charge is 0.412 e. The standard InChI is InChI=1S/C19H33NO6Si/c1-13(21)11-20-18(22)26-17-15(23-5)9-14(10-16(17)24-6)12-25-27(7,8)19(2,3)4/h9-10,13,21H,11-12H2,1-8H3,(H,20,22). The SMILES string of the molecule is COc1cc(CO[Si](C)(C)C(C)(C)C)cc(OC)c1OC(=O)NCC(C)O. The third-order valence-corrected chi connectivity index (χ3v) is 9.14. The van der Waals surface area contributed by atoms with Gasteiger partial charge in [0.2, 0.25) is 5.75 Å². The molecule has 27 heavy (non-hydrogen) atoms. The molecule has 2 N–H and O–H groups in total. The summed E-state index contributed by atoms with van der Waals surface area (Å²) in [6.45, 7) is 13.0. The van der Waals surface area contributed by atoms with Crippen LogP contribution in [-0.4, -0.2) is 46.4 Å². The first kappa shape index (κ1) is 23.3. The lowest BCUT2D eigenvalue weighted by Crippen LogP contribution is -2.40. The average molecular weight is 400 g/mol. The minimum atomic E-state index is -1.90. The van der Waals surface area contributed by atoms with Crippen LogP contribution in [0.25, 0.3) is 0 Å². The molecule has 154 valence electrons. The van der Waals surface area contributed by atoms with Crippen molar-refractivity contribution in [3.05, 3.63) is 17.7 Å². The molecule has 1 aromatic carbocycles. The fraction of sp³-hybridized carbons (Fsp3) is 0.632. The van der Waals surface area contributed by atoms with Gasteiger partial charge in [-0.05, 0) is 42.8 Å². The number of rotatable bonds is 8. The largest absolute Gasteiger partial charge is 0.493 e. The Morgan fingerprint density at radius 3 is 2.11 bits per heavy atom. The van der Waals surface area contributed by atoms with E-state index in [1.54, 1.807) is 19.1 Å². The van der Waals surface area contributed by atoms with E-state index in [2.05, 4.69) is 39.2 Å². The number of carbonyl (C=O) groups excluding carboxylic acids is 1. The van der Waals surface area contributed by atoms with Crippen molar-refractivity contribution in [3.63, 3.8) is 0 Å². The molecule has 0 fully saturated rings. The highest BCUT2D eigenvalue weighted by Gasteiger charge is 2.37. The zero-order valence-corrected chi connectivity index (χ0v) is 18.6. The van der Waals surface area contributed by atoms with Crippen molar-refractivity contribution in [3.8, 4) is 17.2 Å². The molecular weight excluding hydrogens is 366 g/mol. The van der Waals surface area contributed by atoms with Crippen molar-refractivity contribution < 1.29 is 28.5 Å². The number of amides is 1. The monoisotopic (exact) mass is 399 g/mol. The summed E-state index contributed by atoms with van der Waals surface area (Å²) in [4.78, 5) is 11.9. The second-order valence-electron chi connectivity index (χ2n) is 8.00. The molecule has 0 aliphatic heterocycles. The molecule has 0 heterocycles. The van der Waals surface area contributed by atoms with Gasteiger partial charge in [-0.3, -0.25) is 0 Å².